The number of hydrogen-bond donors (Lipinski definition) is 1. The van der Waals surface area contributed by atoms with Gasteiger partial charge >= 0.3 is 5.97 Å². The lowest BCUT2D eigenvalue weighted by Crippen LogP contribution is -2.30. The van der Waals surface area contributed by atoms with Gasteiger partial charge < -0.3 is 14.8 Å². The van der Waals surface area contributed by atoms with Crippen molar-refractivity contribution in [3.63, 3.8) is 0 Å². The molecule has 144 valence electrons. The van der Waals surface area contributed by atoms with E-state index in [2.05, 4.69) is 5.32 Å². The summed E-state index contributed by atoms with van der Waals surface area (Å²) in [6.07, 6.45) is -0.320. The molecule has 0 aliphatic rings. The first-order chi connectivity index (χ1) is 12.8. The Morgan fingerprint density at radius 3 is 2.59 bits per heavy atom. The molecule has 8 nitrogen and oxygen atoms in total. The summed E-state index contributed by atoms with van der Waals surface area (Å²) in [5, 5.41) is 13.6. The normalized spacial score (nSPS) is 11.6. The highest BCUT2D eigenvalue weighted by atomic mass is 32.1. The topological polar surface area (TPSA) is 108 Å². The number of nitrogens with zero attached hydrogens (tertiary/aromatic N) is 1. The van der Waals surface area contributed by atoms with Gasteiger partial charge in [0.1, 0.15) is 16.3 Å². The molecule has 1 heterocycles. The molecule has 9 heteroatoms. The molecule has 1 aromatic carbocycles. The predicted octanol–water partition coefficient (Wildman–Crippen LogP) is 3.72. The third-order valence-electron chi connectivity index (χ3n) is 3.92. The Balaban J connectivity index is 2.09. The van der Waals surface area contributed by atoms with E-state index in [-0.39, 0.29) is 11.4 Å². The molecule has 2 rings (SSSR count). The van der Waals surface area contributed by atoms with Crippen LogP contribution in [0.2, 0.25) is 0 Å². The summed E-state index contributed by atoms with van der Waals surface area (Å²) in [6, 6.07) is 5.80. The summed E-state index contributed by atoms with van der Waals surface area (Å²) >= 11 is 1.31. The number of carbonyl (C=O) groups is 2. The standard InChI is InChI=1S/C18H20N2O6S/c1-5-12-8-16(27-11(12)3)18(22)26-10(2)17(21)19-14-7-6-13(25-4)9-15(14)20(23)24/h6-10H,5H2,1-4H3,(H,19,21)/t10-/m1/s1. The van der Waals surface area contributed by atoms with E-state index in [1.54, 1.807) is 6.07 Å². The smallest absolute Gasteiger partial charge is 0.349 e. The summed E-state index contributed by atoms with van der Waals surface area (Å²) in [5.41, 5.74) is 0.731. The average Bonchev–Trinajstić information content (AvgIpc) is 3.02. The van der Waals surface area contributed by atoms with Crippen LogP contribution in [-0.2, 0) is 16.0 Å². The second kappa shape index (κ2) is 8.63. The Morgan fingerprint density at radius 1 is 1.33 bits per heavy atom. The summed E-state index contributed by atoms with van der Waals surface area (Å²) in [7, 11) is 1.38. The van der Waals surface area contributed by atoms with Crippen LogP contribution in [0.25, 0.3) is 0 Å². The molecule has 0 spiro atoms. The molecule has 2 aromatic rings. The van der Waals surface area contributed by atoms with Crippen molar-refractivity contribution in [3.8, 4) is 5.75 Å². The predicted molar refractivity (Wildman–Crippen MR) is 102 cm³/mol. The van der Waals surface area contributed by atoms with E-state index in [1.807, 2.05) is 13.8 Å². The number of benzene rings is 1. The van der Waals surface area contributed by atoms with E-state index in [9.17, 15) is 19.7 Å². The molecular weight excluding hydrogens is 372 g/mol. The number of thiophene rings is 1. The lowest BCUT2D eigenvalue weighted by Gasteiger charge is -2.13. The Hall–Kier alpha value is -2.94. The maximum Gasteiger partial charge on any atom is 0.349 e. The number of carbonyl (C=O) groups excluding carboxylic acids is 2. The van der Waals surface area contributed by atoms with Gasteiger partial charge in [-0.1, -0.05) is 6.92 Å². The van der Waals surface area contributed by atoms with Crippen molar-refractivity contribution in [2.75, 3.05) is 12.4 Å². The third-order valence-corrected chi connectivity index (χ3v) is 4.99. The van der Waals surface area contributed by atoms with Crippen LogP contribution in [0.15, 0.2) is 24.3 Å². The Bertz CT molecular complexity index is 877. The molecular formula is C18H20N2O6S. The molecule has 0 saturated carbocycles. The van der Waals surface area contributed by atoms with Gasteiger partial charge in [0.15, 0.2) is 6.10 Å². The van der Waals surface area contributed by atoms with E-state index < -0.39 is 22.9 Å². The molecule has 27 heavy (non-hydrogen) atoms. The van der Waals surface area contributed by atoms with E-state index in [1.165, 1.54) is 43.6 Å². The van der Waals surface area contributed by atoms with Crippen LogP contribution in [0.3, 0.4) is 0 Å². The Labute approximate surface area is 160 Å². The van der Waals surface area contributed by atoms with Crippen molar-refractivity contribution in [1.29, 1.82) is 0 Å². The van der Waals surface area contributed by atoms with E-state index in [0.717, 1.165) is 16.9 Å². The van der Waals surface area contributed by atoms with Gasteiger partial charge in [-0.3, -0.25) is 14.9 Å². The van der Waals surface area contributed by atoms with Gasteiger partial charge in [0.25, 0.3) is 11.6 Å². The Morgan fingerprint density at radius 2 is 2.04 bits per heavy atom. The first kappa shape index (κ1) is 20.4. The number of hydrogen-bond acceptors (Lipinski definition) is 7. The fourth-order valence-electron chi connectivity index (χ4n) is 2.37. The van der Waals surface area contributed by atoms with Crippen LogP contribution < -0.4 is 10.1 Å². The van der Waals surface area contributed by atoms with Gasteiger partial charge in [0.2, 0.25) is 0 Å². The van der Waals surface area contributed by atoms with Gasteiger partial charge in [-0.05, 0) is 44.0 Å². The average molecular weight is 392 g/mol. The van der Waals surface area contributed by atoms with Gasteiger partial charge in [0, 0.05) is 4.88 Å². The van der Waals surface area contributed by atoms with Crippen LogP contribution in [-0.4, -0.2) is 30.0 Å². The number of amides is 1. The number of esters is 1. The Kier molecular flexibility index (Phi) is 6.51. The molecule has 0 unspecified atom stereocenters. The number of nitrogens with one attached hydrogen (secondary N) is 1. The van der Waals surface area contributed by atoms with Crippen molar-refractivity contribution in [3.05, 3.63) is 49.7 Å². The third kappa shape index (κ3) is 4.82. The summed E-state index contributed by atoms with van der Waals surface area (Å²) in [6.45, 7) is 5.31. The molecule has 0 aliphatic heterocycles. The van der Waals surface area contributed by atoms with Gasteiger partial charge in [-0.25, -0.2) is 4.79 Å². The second-order valence-electron chi connectivity index (χ2n) is 5.72. The minimum Gasteiger partial charge on any atom is -0.496 e. The second-order valence-corrected chi connectivity index (χ2v) is 6.98. The number of aryl methyl sites for hydroxylation is 2. The molecule has 1 aromatic heterocycles. The molecule has 0 aliphatic carbocycles. The van der Waals surface area contributed by atoms with E-state index >= 15 is 0 Å². The lowest BCUT2D eigenvalue weighted by molar-refractivity contribution is -0.384. The fourth-order valence-corrected chi connectivity index (χ4v) is 3.37. The highest BCUT2D eigenvalue weighted by molar-refractivity contribution is 7.14. The SMILES string of the molecule is CCc1cc(C(=O)O[C@H](C)C(=O)Nc2ccc(OC)cc2[N+](=O)[O-])sc1C. The van der Waals surface area contributed by atoms with Crippen molar-refractivity contribution in [2.45, 2.75) is 33.3 Å². The zero-order valence-corrected chi connectivity index (χ0v) is 16.2. The zero-order valence-electron chi connectivity index (χ0n) is 15.4. The maximum atomic E-state index is 12.3. The summed E-state index contributed by atoms with van der Waals surface area (Å²) < 4.78 is 10.1. The molecule has 1 amide bonds. The quantitative estimate of drug-likeness (QED) is 0.437. The number of methoxy groups -OCH3 is 1. The fraction of sp³-hybridized carbons (Fsp3) is 0.333. The number of nitro groups is 1. The minimum absolute atomic E-state index is 0.00561. The molecule has 0 bridgehead atoms. The number of nitro benzene ring substituents is 1. The largest absolute Gasteiger partial charge is 0.496 e. The summed E-state index contributed by atoms with van der Waals surface area (Å²) in [5.74, 6) is -0.978. The van der Waals surface area contributed by atoms with Crippen molar-refractivity contribution in [2.24, 2.45) is 0 Å². The van der Waals surface area contributed by atoms with Crippen molar-refractivity contribution >= 4 is 34.6 Å². The maximum absolute atomic E-state index is 12.3. The molecule has 0 fully saturated rings. The first-order valence-electron chi connectivity index (χ1n) is 8.20. The van der Waals surface area contributed by atoms with Crippen LogP contribution in [0.5, 0.6) is 5.75 Å². The zero-order chi connectivity index (χ0) is 20.1. The van der Waals surface area contributed by atoms with E-state index in [4.69, 9.17) is 9.47 Å². The minimum atomic E-state index is -1.12. The van der Waals surface area contributed by atoms with Crippen molar-refractivity contribution in [1.82, 2.24) is 0 Å². The van der Waals surface area contributed by atoms with Crippen molar-refractivity contribution < 1.29 is 24.0 Å². The highest BCUT2D eigenvalue weighted by Gasteiger charge is 2.24. The van der Waals surface area contributed by atoms with Gasteiger partial charge in [-0.15, -0.1) is 11.3 Å². The lowest BCUT2D eigenvalue weighted by atomic mass is 10.2. The first-order valence-corrected chi connectivity index (χ1v) is 9.02. The highest BCUT2D eigenvalue weighted by Crippen LogP contribution is 2.29. The molecule has 1 N–H and O–H groups in total. The van der Waals surface area contributed by atoms with Gasteiger partial charge in [-0.2, -0.15) is 0 Å². The van der Waals surface area contributed by atoms with E-state index in [0.29, 0.717) is 10.6 Å². The number of rotatable bonds is 7. The monoisotopic (exact) mass is 392 g/mol. The summed E-state index contributed by atoms with van der Waals surface area (Å²) in [4.78, 5) is 36.5. The molecule has 0 radical (unpaired) electrons. The number of anilines is 1. The van der Waals surface area contributed by atoms with Crippen LogP contribution in [0.4, 0.5) is 11.4 Å². The molecule has 1 atom stereocenters. The van der Waals surface area contributed by atoms with Crippen LogP contribution in [0.1, 0.15) is 34.0 Å². The van der Waals surface area contributed by atoms with Crippen LogP contribution in [0, 0.1) is 17.0 Å². The molecule has 0 saturated heterocycles. The number of ether oxygens (including phenoxy) is 2. The van der Waals surface area contributed by atoms with Gasteiger partial charge in [0.05, 0.1) is 18.1 Å². The van der Waals surface area contributed by atoms with Crippen LogP contribution >= 0.6 is 11.3 Å².